The fourth-order valence-electron chi connectivity index (χ4n) is 1.34. The van der Waals surface area contributed by atoms with Crippen molar-refractivity contribution in [1.82, 2.24) is 5.32 Å². The molecule has 0 saturated carbocycles. The van der Waals surface area contributed by atoms with Gasteiger partial charge in [0.05, 0.1) is 13.2 Å². The van der Waals surface area contributed by atoms with Crippen LogP contribution in [-0.4, -0.2) is 38.4 Å². The Morgan fingerprint density at radius 2 is 2.54 bits per heavy atom. The smallest absolute Gasteiger partial charge is 0.323 e. The molecule has 0 aliphatic carbocycles. The monoisotopic (exact) mass is 187 g/mol. The fourth-order valence-corrected chi connectivity index (χ4v) is 1.34. The number of carbonyl (C=O) groups excluding carboxylic acids is 1. The topological polar surface area (TPSA) is 47.6 Å². The van der Waals surface area contributed by atoms with Crippen LogP contribution in [0.25, 0.3) is 0 Å². The third-order valence-corrected chi connectivity index (χ3v) is 2.21. The lowest BCUT2D eigenvalue weighted by Crippen LogP contribution is -2.37. The van der Waals surface area contributed by atoms with Crippen LogP contribution in [0.2, 0.25) is 0 Å². The van der Waals surface area contributed by atoms with Crippen LogP contribution < -0.4 is 5.32 Å². The fraction of sp³-hybridized carbons (Fsp3) is 0.889. The molecule has 1 fully saturated rings. The van der Waals surface area contributed by atoms with Crippen molar-refractivity contribution in [2.24, 2.45) is 0 Å². The second-order valence-electron chi connectivity index (χ2n) is 3.17. The summed E-state index contributed by atoms with van der Waals surface area (Å²) in [7, 11) is 1.76. The van der Waals surface area contributed by atoms with Gasteiger partial charge in [0, 0.05) is 6.42 Å². The molecule has 1 saturated heterocycles. The molecule has 13 heavy (non-hydrogen) atoms. The summed E-state index contributed by atoms with van der Waals surface area (Å²) in [5, 5.41) is 2.91. The first kappa shape index (κ1) is 10.5. The van der Waals surface area contributed by atoms with Gasteiger partial charge in [-0.3, -0.25) is 4.79 Å². The Morgan fingerprint density at radius 3 is 3.00 bits per heavy atom. The third-order valence-electron chi connectivity index (χ3n) is 2.21. The molecule has 0 aromatic rings. The molecule has 4 nitrogen and oxygen atoms in total. The molecule has 4 heteroatoms. The molecule has 1 aliphatic heterocycles. The van der Waals surface area contributed by atoms with E-state index in [4.69, 9.17) is 9.47 Å². The van der Waals surface area contributed by atoms with Gasteiger partial charge in [-0.05, 0) is 13.5 Å². The van der Waals surface area contributed by atoms with Gasteiger partial charge in [-0.1, -0.05) is 6.92 Å². The van der Waals surface area contributed by atoms with E-state index in [0.717, 1.165) is 12.8 Å². The van der Waals surface area contributed by atoms with E-state index in [9.17, 15) is 4.79 Å². The third kappa shape index (κ3) is 2.97. The van der Waals surface area contributed by atoms with Gasteiger partial charge in [0.25, 0.3) is 0 Å². The van der Waals surface area contributed by atoms with E-state index >= 15 is 0 Å². The SMILES string of the molecule is CCC(NC)C(=O)OC1CCOC1. The van der Waals surface area contributed by atoms with Crippen molar-refractivity contribution >= 4 is 5.97 Å². The number of esters is 1. The molecule has 76 valence electrons. The van der Waals surface area contributed by atoms with Crippen LogP contribution in [0.15, 0.2) is 0 Å². The van der Waals surface area contributed by atoms with E-state index in [-0.39, 0.29) is 18.1 Å². The largest absolute Gasteiger partial charge is 0.459 e. The first-order valence-corrected chi connectivity index (χ1v) is 4.73. The van der Waals surface area contributed by atoms with Gasteiger partial charge in [0.2, 0.25) is 0 Å². The Balaban J connectivity index is 2.29. The van der Waals surface area contributed by atoms with E-state index in [1.54, 1.807) is 7.05 Å². The molecule has 1 rings (SSSR count). The number of hydrogen-bond acceptors (Lipinski definition) is 4. The molecule has 0 aromatic carbocycles. The molecule has 1 aliphatic rings. The molecular formula is C9H17NO3. The van der Waals surface area contributed by atoms with Crippen molar-refractivity contribution in [3.63, 3.8) is 0 Å². The van der Waals surface area contributed by atoms with Crippen LogP contribution in [0, 0.1) is 0 Å². The van der Waals surface area contributed by atoms with Crippen LogP contribution in [0.3, 0.4) is 0 Å². The number of nitrogens with one attached hydrogen (secondary N) is 1. The zero-order chi connectivity index (χ0) is 9.68. The van der Waals surface area contributed by atoms with Crippen molar-refractivity contribution < 1.29 is 14.3 Å². The predicted molar refractivity (Wildman–Crippen MR) is 48.5 cm³/mol. The summed E-state index contributed by atoms with van der Waals surface area (Å²) < 4.78 is 10.3. The van der Waals surface area contributed by atoms with Crippen LogP contribution in [-0.2, 0) is 14.3 Å². The summed E-state index contributed by atoms with van der Waals surface area (Å²) in [5.74, 6) is -0.166. The maximum atomic E-state index is 11.4. The molecule has 1 heterocycles. The van der Waals surface area contributed by atoms with E-state index in [1.807, 2.05) is 6.92 Å². The molecule has 0 spiro atoms. The Bertz CT molecular complexity index is 162. The summed E-state index contributed by atoms with van der Waals surface area (Å²) in [6, 6.07) is -0.180. The van der Waals surface area contributed by atoms with Crippen LogP contribution in [0.4, 0.5) is 0 Å². The highest BCUT2D eigenvalue weighted by atomic mass is 16.6. The molecule has 2 atom stereocenters. The molecule has 1 N–H and O–H groups in total. The Kier molecular flexibility index (Phi) is 4.18. The summed E-state index contributed by atoms with van der Waals surface area (Å²) in [4.78, 5) is 11.4. The molecule has 0 bridgehead atoms. The van der Waals surface area contributed by atoms with E-state index in [1.165, 1.54) is 0 Å². The van der Waals surface area contributed by atoms with Gasteiger partial charge in [0.1, 0.15) is 12.1 Å². The van der Waals surface area contributed by atoms with E-state index < -0.39 is 0 Å². The summed E-state index contributed by atoms with van der Waals surface area (Å²) >= 11 is 0. The zero-order valence-electron chi connectivity index (χ0n) is 8.21. The summed E-state index contributed by atoms with van der Waals surface area (Å²) in [5.41, 5.74) is 0. The van der Waals surface area contributed by atoms with Crippen molar-refractivity contribution in [3.8, 4) is 0 Å². The minimum Gasteiger partial charge on any atom is -0.459 e. The van der Waals surface area contributed by atoms with Gasteiger partial charge in [-0.2, -0.15) is 0 Å². The van der Waals surface area contributed by atoms with Crippen molar-refractivity contribution in [3.05, 3.63) is 0 Å². The maximum Gasteiger partial charge on any atom is 0.323 e. The number of ether oxygens (including phenoxy) is 2. The number of carbonyl (C=O) groups is 1. The first-order chi connectivity index (χ1) is 6.27. The highest BCUT2D eigenvalue weighted by molar-refractivity contribution is 5.75. The highest BCUT2D eigenvalue weighted by Gasteiger charge is 2.23. The second kappa shape index (κ2) is 5.19. The predicted octanol–water partition coefficient (Wildman–Crippen LogP) is 0.316. The van der Waals surface area contributed by atoms with Gasteiger partial charge in [0.15, 0.2) is 0 Å². The molecular weight excluding hydrogens is 170 g/mol. The van der Waals surface area contributed by atoms with Crippen molar-refractivity contribution in [1.29, 1.82) is 0 Å². The Hall–Kier alpha value is -0.610. The van der Waals surface area contributed by atoms with Gasteiger partial charge in [-0.25, -0.2) is 0 Å². The van der Waals surface area contributed by atoms with Crippen molar-refractivity contribution in [2.75, 3.05) is 20.3 Å². The van der Waals surface area contributed by atoms with E-state index in [0.29, 0.717) is 13.2 Å². The molecule has 0 amide bonds. The Labute approximate surface area is 78.6 Å². The first-order valence-electron chi connectivity index (χ1n) is 4.73. The lowest BCUT2D eigenvalue weighted by molar-refractivity contribution is -0.151. The highest BCUT2D eigenvalue weighted by Crippen LogP contribution is 2.09. The van der Waals surface area contributed by atoms with Gasteiger partial charge < -0.3 is 14.8 Å². The molecule has 2 unspecified atom stereocenters. The minimum absolute atomic E-state index is 0.0325. The zero-order valence-corrected chi connectivity index (χ0v) is 8.21. The second-order valence-corrected chi connectivity index (χ2v) is 3.17. The lowest BCUT2D eigenvalue weighted by atomic mass is 10.2. The average Bonchev–Trinajstić information content (AvgIpc) is 2.59. The van der Waals surface area contributed by atoms with E-state index in [2.05, 4.69) is 5.32 Å². The van der Waals surface area contributed by atoms with Crippen molar-refractivity contribution in [2.45, 2.75) is 31.9 Å². The van der Waals surface area contributed by atoms with Gasteiger partial charge in [-0.15, -0.1) is 0 Å². The lowest BCUT2D eigenvalue weighted by Gasteiger charge is -2.16. The quantitative estimate of drug-likeness (QED) is 0.644. The number of likely N-dealkylation sites (N-methyl/N-ethyl adjacent to an activating group) is 1. The van der Waals surface area contributed by atoms with Crippen LogP contribution in [0.5, 0.6) is 0 Å². The maximum absolute atomic E-state index is 11.4. The summed E-state index contributed by atoms with van der Waals surface area (Å²) in [6.07, 6.45) is 1.55. The number of rotatable bonds is 4. The molecule has 0 radical (unpaired) electrons. The minimum atomic E-state index is -0.180. The summed E-state index contributed by atoms with van der Waals surface area (Å²) in [6.45, 7) is 3.20. The Morgan fingerprint density at radius 1 is 1.77 bits per heavy atom. The van der Waals surface area contributed by atoms with Gasteiger partial charge >= 0.3 is 5.97 Å². The normalized spacial score (nSPS) is 24.3. The van der Waals surface area contributed by atoms with Crippen LogP contribution in [0.1, 0.15) is 19.8 Å². The standard InChI is InChI=1S/C9H17NO3/c1-3-8(10-2)9(11)13-7-4-5-12-6-7/h7-8,10H,3-6H2,1-2H3. The number of hydrogen-bond donors (Lipinski definition) is 1. The average molecular weight is 187 g/mol. The van der Waals surface area contributed by atoms with Crippen LogP contribution >= 0.6 is 0 Å². The molecule has 0 aromatic heterocycles.